The molecule has 1 saturated carbocycles. The zero-order valence-electron chi connectivity index (χ0n) is 13.2. The van der Waals surface area contributed by atoms with Crippen LogP contribution in [0, 0.1) is 11.3 Å². The lowest BCUT2D eigenvalue weighted by molar-refractivity contribution is 0.0601. The van der Waals surface area contributed by atoms with Crippen molar-refractivity contribution in [1.29, 1.82) is 0 Å². The van der Waals surface area contributed by atoms with Crippen LogP contribution in [-0.4, -0.2) is 19.1 Å². The molecule has 21 heavy (non-hydrogen) atoms. The van der Waals surface area contributed by atoms with Crippen molar-refractivity contribution in [2.24, 2.45) is 11.3 Å². The van der Waals surface area contributed by atoms with Crippen LogP contribution in [0.3, 0.4) is 0 Å². The van der Waals surface area contributed by atoms with Crippen molar-refractivity contribution in [2.75, 3.05) is 12.4 Å². The lowest BCUT2D eigenvalue weighted by Crippen LogP contribution is -2.35. The molecule has 0 radical (unpaired) electrons. The average Bonchev–Trinajstić information content (AvgIpc) is 2.37. The molecule has 1 aliphatic rings. The standard InChI is InChI=1S/C17H24ClNO2/c1-11-7-13(10-17(2,3)9-11)19-15-6-5-12(18)8-14(15)16(20)21-4/h5-6,8,11,13,19H,7,9-10H2,1-4H3. The van der Waals surface area contributed by atoms with Gasteiger partial charge in [-0.15, -0.1) is 0 Å². The van der Waals surface area contributed by atoms with Gasteiger partial charge in [0.25, 0.3) is 0 Å². The Morgan fingerprint density at radius 1 is 1.38 bits per heavy atom. The summed E-state index contributed by atoms with van der Waals surface area (Å²) < 4.78 is 4.85. The fourth-order valence-electron chi connectivity index (χ4n) is 3.60. The summed E-state index contributed by atoms with van der Waals surface area (Å²) in [7, 11) is 1.39. The first kappa shape index (κ1) is 16.2. The van der Waals surface area contributed by atoms with Gasteiger partial charge in [-0.3, -0.25) is 0 Å². The lowest BCUT2D eigenvalue weighted by Gasteiger charge is -2.39. The van der Waals surface area contributed by atoms with Gasteiger partial charge in [0.1, 0.15) is 0 Å². The van der Waals surface area contributed by atoms with Crippen molar-refractivity contribution in [2.45, 2.75) is 46.1 Å². The minimum absolute atomic E-state index is 0.327. The number of carbonyl (C=O) groups is 1. The van der Waals surface area contributed by atoms with E-state index in [0.717, 1.165) is 18.5 Å². The van der Waals surface area contributed by atoms with Gasteiger partial charge in [-0.25, -0.2) is 4.79 Å². The topological polar surface area (TPSA) is 38.3 Å². The molecule has 1 aliphatic carbocycles. The third kappa shape index (κ3) is 4.13. The largest absolute Gasteiger partial charge is 0.465 e. The van der Waals surface area contributed by atoms with Crippen LogP contribution in [0.4, 0.5) is 5.69 Å². The SMILES string of the molecule is COC(=O)c1cc(Cl)ccc1NC1CC(C)CC(C)(C)C1. The maximum atomic E-state index is 11.9. The quantitative estimate of drug-likeness (QED) is 0.819. The zero-order valence-corrected chi connectivity index (χ0v) is 14.0. The molecule has 1 N–H and O–H groups in total. The second-order valence-corrected chi connectivity index (χ2v) is 7.37. The number of methoxy groups -OCH3 is 1. The minimum atomic E-state index is -0.358. The first-order valence-electron chi connectivity index (χ1n) is 7.45. The van der Waals surface area contributed by atoms with Crippen LogP contribution in [0.5, 0.6) is 0 Å². The predicted octanol–water partition coefficient (Wildman–Crippen LogP) is 4.75. The smallest absolute Gasteiger partial charge is 0.340 e. The first-order chi connectivity index (χ1) is 9.80. The Kier molecular flexibility index (Phi) is 4.82. The highest BCUT2D eigenvalue weighted by Crippen LogP contribution is 2.40. The van der Waals surface area contributed by atoms with Gasteiger partial charge in [0, 0.05) is 16.8 Å². The number of halogens is 1. The summed E-state index contributed by atoms with van der Waals surface area (Å²) in [5, 5.41) is 4.06. The van der Waals surface area contributed by atoms with Gasteiger partial charge >= 0.3 is 5.97 Å². The molecule has 116 valence electrons. The van der Waals surface area contributed by atoms with Gasteiger partial charge in [-0.2, -0.15) is 0 Å². The van der Waals surface area contributed by atoms with Gasteiger partial charge in [0.05, 0.1) is 12.7 Å². The van der Waals surface area contributed by atoms with Crippen LogP contribution in [-0.2, 0) is 4.74 Å². The van der Waals surface area contributed by atoms with Crippen molar-refractivity contribution in [3.63, 3.8) is 0 Å². The maximum Gasteiger partial charge on any atom is 0.340 e. The highest BCUT2D eigenvalue weighted by Gasteiger charge is 2.32. The molecule has 1 aromatic rings. The summed E-state index contributed by atoms with van der Waals surface area (Å²) in [4.78, 5) is 11.9. The number of ether oxygens (including phenoxy) is 1. The average molecular weight is 310 g/mol. The molecule has 0 aliphatic heterocycles. The van der Waals surface area contributed by atoms with Gasteiger partial charge < -0.3 is 10.1 Å². The lowest BCUT2D eigenvalue weighted by atomic mass is 9.70. The number of carbonyl (C=O) groups excluding carboxylic acids is 1. The van der Waals surface area contributed by atoms with E-state index in [0.29, 0.717) is 28.0 Å². The summed E-state index contributed by atoms with van der Waals surface area (Å²) in [5.41, 5.74) is 1.63. The molecule has 0 bridgehead atoms. The molecule has 0 saturated heterocycles. The van der Waals surface area contributed by atoms with E-state index >= 15 is 0 Å². The number of hydrogen-bond acceptors (Lipinski definition) is 3. The van der Waals surface area contributed by atoms with Gasteiger partial charge in [-0.05, 0) is 48.8 Å². The predicted molar refractivity (Wildman–Crippen MR) is 87.0 cm³/mol. The Morgan fingerprint density at radius 2 is 2.10 bits per heavy atom. The summed E-state index contributed by atoms with van der Waals surface area (Å²) in [6.07, 6.45) is 3.46. The zero-order chi connectivity index (χ0) is 15.6. The van der Waals surface area contributed by atoms with Crippen LogP contribution in [0.15, 0.2) is 18.2 Å². The highest BCUT2D eigenvalue weighted by atomic mass is 35.5. The van der Waals surface area contributed by atoms with E-state index in [4.69, 9.17) is 16.3 Å². The minimum Gasteiger partial charge on any atom is -0.465 e. The Morgan fingerprint density at radius 3 is 2.71 bits per heavy atom. The Balaban J connectivity index is 2.21. The Bertz CT molecular complexity index is 528. The van der Waals surface area contributed by atoms with E-state index in [1.807, 2.05) is 6.07 Å². The molecule has 4 heteroatoms. The Hall–Kier alpha value is -1.22. The molecule has 1 aromatic carbocycles. The molecule has 0 spiro atoms. The number of nitrogens with one attached hydrogen (secondary N) is 1. The van der Waals surface area contributed by atoms with E-state index in [9.17, 15) is 4.79 Å². The molecule has 2 rings (SSSR count). The van der Waals surface area contributed by atoms with E-state index in [2.05, 4.69) is 26.1 Å². The number of esters is 1. The number of anilines is 1. The molecular formula is C17H24ClNO2. The van der Waals surface area contributed by atoms with E-state index in [1.54, 1.807) is 12.1 Å². The number of hydrogen-bond donors (Lipinski definition) is 1. The highest BCUT2D eigenvalue weighted by molar-refractivity contribution is 6.31. The molecule has 1 fully saturated rings. The third-order valence-corrected chi connectivity index (χ3v) is 4.37. The molecule has 3 nitrogen and oxygen atoms in total. The molecule has 2 unspecified atom stereocenters. The molecule has 0 amide bonds. The van der Waals surface area contributed by atoms with Crippen molar-refractivity contribution in [3.05, 3.63) is 28.8 Å². The first-order valence-corrected chi connectivity index (χ1v) is 7.83. The van der Waals surface area contributed by atoms with Crippen LogP contribution >= 0.6 is 11.6 Å². The summed E-state index contributed by atoms with van der Waals surface area (Å²) in [6.45, 7) is 6.90. The number of rotatable bonds is 3. The summed E-state index contributed by atoms with van der Waals surface area (Å²) in [5.74, 6) is 0.322. The maximum absolute atomic E-state index is 11.9. The number of benzene rings is 1. The molecule has 0 aromatic heterocycles. The molecule has 2 atom stereocenters. The second kappa shape index (κ2) is 6.27. The van der Waals surface area contributed by atoms with Crippen LogP contribution in [0.25, 0.3) is 0 Å². The van der Waals surface area contributed by atoms with Crippen molar-refractivity contribution in [1.82, 2.24) is 0 Å². The summed E-state index contributed by atoms with van der Waals surface area (Å²) in [6, 6.07) is 5.69. The van der Waals surface area contributed by atoms with Crippen LogP contribution in [0.2, 0.25) is 5.02 Å². The fourth-order valence-corrected chi connectivity index (χ4v) is 3.77. The molecule has 0 heterocycles. The van der Waals surface area contributed by atoms with E-state index in [1.165, 1.54) is 13.5 Å². The van der Waals surface area contributed by atoms with Gasteiger partial charge in [0.15, 0.2) is 0 Å². The van der Waals surface area contributed by atoms with Crippen molar-refractivity contribution >= 4 is 23.3 Å². The van der Waals surface area contributed by atoms with Gasteiger partial charge in [0.2, 0.25) is 0 Å². The van der Waals surface area contributed by atoms with Crippen molar-refractivity contribution in [3.8, 4) is 0 Å². The van der Waals surface area contributed by atoms with Crippen molar-refractivity contribution < 1.29 is 9.53 Å². The fraction of sp³-hybridized carbons (Fsp3) is 0.588. The van der Waals surface area contributed by atoms with E-state index < -0.39 is 0 Å². The van der Waals surface area contributed by atoms with Crippen LogP contribution < -0.4 is 5.32 Å². The summed E-state index contributed by atoms with van der Waals surface area (Å²) >= 11 is 5.99. The Labute approximate surface area is 132 Å². The second-order valence-electron chi connectivity index (χ2n) is 6.94. The van der Waals surface area contributed by atoms with Gasteiger partial charge in [-0.1, -0.05) is 32.4 Å². The van der Waals surface area contributed by atoms with E-state index in [-0.39, 0.29) is 5.97 Å². The normalized spacial score (nSPS) is 24.4. The van der Waals surface area contributed by atoms with Crippen LogP contribution in [0.1, 0.15) is 50.4 Å². The monoisotopic (exact) mass is 309 g/mol. The third-order valence-electron chi connectivity index (χ3n) is 4.13. The molecular weight excluding hydrogens is 286 g/mol.